The van der Waals surface area contributed by atoms with E-state index >= 15 is 0 Å². The molecule has 0 atom stereocenters. The fourth-order valence-electron chi connectivity index (χ4n) is 2.68. The summed E-state index contributed by atoms with van der Waals surface area (Å²) < 4.78 is 10.7. The zero-order valence-electron chi connectivity index (χ0n) is 14.8. The summed E-state index contributed by atoms with van der Waals surface area (Å²) in [5.74, 6) is 0.601. The molecule has 7 heteroatoms. The lowest BCUT2D eigenvalue weighted by atomic mass is 9.92. The Labute approximate surface area is 150 Å². The van der Waals surface area contributed by atoms with Crippen molar-refractivity contribution >= 4 is 23.3 Å². The van der Waals surface area contributed by atoms with E-state index in [0.29, 0.717) is 18.0 Å². The Morgan fingerprint density at radius 1 is 1.28 bits per heavy atom. The lowest BCUT2D eigenvalue weighted by Crippen LogP contribution is -2.70. The second kappa shape index (κ2) is 6.22. The number of hydrogen-bond acceptors (Lipinski definition) is 5. The van der Waals surface area contributed by atoms with Gasteiger partial charge < -0.3 is 19.4 Å². The van der Waals surface area contributed by atoms with Gasteiger partial charge in [-0.1, -0.05) is 0 Å². The molecule has 6 nitrogen and oxygen atoms in total. The molecule has 0 aromatic carbocycles. The Morgan fingerprint density at radius 3 is 2.60 bits per heavy atom. The molecule has 134 valence electrons. The number of nitrogens with one attached hydrogen (secondary N) is 1. The van der Waals surface area contributed by atoms with Gasteiger partial charge in [-0.2, -0.15) is 0 Å². The van der Waals surface area contributed by atoms with Gasteiger partial charge in [0.2, 0.25) is 0 Å². The van der Waals surface area contributed by atoms with Crippen molar-refractivity contribution in [2.75, 3.05) is 13.1 Å². The first kappa shape index (κ1) is 17.5. The van der Waals surface area contributed by atoms with Gasteiger partial charge in [-0.25, -0.2) is 4.79 Å². The molecule has 3 heterocycles. The normalized spacial score (nSPS) is 16.2. The molecule has 25 heavy (non-hydrogen) atoms. The molecule has 1 saturated heterocycles. The molecule has 1 N–H and O–H groups in total. The van der Waals surface area contributed by atoms with Crippen LogP contribution >= 0.6 is 11.3 Å². The van der Waals surface area contributed by atoms with Crippen molar-refractivity contribution in [1.29, 1.82) is 0 Å². The summed E-state index contributed by atoms with van der Waals surface area (Å²) in [6.07, 6.45) is 1.26. The number of hydrogen-bond donors (Lipinski definition) is 1. The van der Waals surface area contributed by atoms with Crippen LogP contribution in [0, 0.1) is 0 Å². The average Bonchev–Trinajstić information content (AvgIpc) is 3.13. The highest BCUT2D eigenvalue weighted by Gasteiger charge is 2.44. The van der Waals surface area contributed by atoms with Crippen LogP contribution in [0.3, 0.4) is 0 Å². The van der Waals surface area contributed by atoms with Gasteiger partial charge in [0.1, 0.15) is 11.4 Å². The zero-order chi connectivity index (χ0) is 18.2. The molecule has 0 radical (unpaired) electrons. The molecular formula is C18H22N2O4S. The molecule has 0 aliphatic carbocycles. The second-order valence-corrected chi connectivity index (χ2v) is 8.58. The monoisotopic (exact) mass is 362 g/mol. The Bertz CT molecular complexity index is 767. The van der Waals surface area contributed by atoms with Crippen molar-refractivity contribution in [2.24, 2.45) is 0 Å². The molecule has 1 fully saturated rings. The van der Waals surface area contributed by atoms with Crippen molar-refractivity contribution < 1.29 is 18.7 Å². The Kier molecular flexibility index (Phi) is 4.36. The first-order valence-electron chi connectivity index (χ1n) is 8.09. The summed E-state index contributed by atoms with van der Waals surface area (Å²) in [6.45, 7) is 8.29. The fraction of sp³-hybridized carbons (Fsp3) is 0.444. The number of thiophene rings is 1. The minimum Gasteiger partial charge on any atom is -0.464 e. The van der Waals surface area contributed by atoms with E-state index in [0.717, 1.165) is 10.6 Å². The second-order valence-electron chi connectivity index (χ2n) is 7.49. The maximum Gasteiger partial charge on any atom is 0.410 e. The van der Waals surface area contributed by atoms with E-state index < -0.39 is 11.1 Å². The van der Waals surface area contributed by atoms with E-state index in [1.165, 1.54) is 11.3 Å². The fourth-order valence-corrected chi connectivity index (χ4v) is 3.55. The van der Waals surface area contributed by atoms with Crippen molar-refractivity contribution in [2.45, 2.75) is 38.8 Å². The van der Waals surface area contributed by atoms with Crippen molar-refractivity contribution in [3.05, 3.63) is 35.4 Å². The van der Waals surface area contributed by atoms with Crippen LogP contribution in [-0.4, -0.2) is 41.1 Å². The molecule has 2 aromatic heterocycles. The van der Waals surface area contributed by atoms with Gasteiger partial charge in [-0.05, 0) is 52.0 Å². The van der Waals surface area contributed by atoms with Crippen molar-refractivity contribution in [1.82, 2.24) is 10.2 Å². The van der Waals surface area contributed by atoms with Gasteiger partial charge in [-0.3, -0.25) is 4.79 Å². The molecule has 3 rings (SSSR count). The molecule has 2 aromatic rings. The first-order valence-corrected chi connectivity index (χ1v) is 8.91. The van der Waals surface area contributed by atoms with Crippen LogP contribution < -0.4 is 5.32 Å². The van der Waals surface area contributed by atoms with E-state index in [9.17, 15) is 9.59 Å². The van der Waals surface area contributed by atoms with E-state index in [1.807, 2.05) is 45.9 Å². The first-order chi connectivity index (χ1) is 11.7. The standard InChI is InChI=1S/C18H22N2O4S/c1-17(2,3)24-16(22)20-10-18(4,11-20)19-15(21)14-8-7-13(25-14)12-6-5-9-23-12/h5-9H,10-11H2,1-4H3,(H,19,21). The predicted molar refractivity (Wildman–Crippen MR) is 95.7 cm³/mol. The van der Waals surface area contributed by atoms with Crippen LogP contribution in [-0.2, 0) is 4.74 Å². The summed E-state index contributed by atoms with van der Waals surface area (Å²) in [5, 5.41) is 3.01. The van der Waals surface area contributed by atoms with Gasteiger partial charge in [0, 0.05) is 13.1 Å². The highest BCUT2D eigenvalue weighted by atomic mass is 32.1. The summed E-state index contributed by atoms with van der Waals surface area (Å²) in [4.78, 5) is 27.6. The van der Waals surface area contributed by atoms with Crippen LogP contribution in [0.4, 0.5) is 4.79 Å². The summed E-state index contributed by atoms with van der Waals surface area (Å²) >= 11 is 1.38. The van der Waals surface area contributed by atoms with E-state index in [1.54, 1.807) is 17.2 Å². The third kappa shape index (κ3) is 4.04. The highest BCUT2D eigenvalue weighted by molar-refractivity contribution is 7.17. The highest BCUT2D eigenvalue weighted by Crippen LogP contribution is 2.29. The van der Waals surface area contributed by atoms with Gasteiger partial charge in [0.25, 0.3) is 5.91 Å². The Hall–Kier alpha value is -2.28. The average molecular weight is 362 g/mol. The van der Waals surface area contributed by atoms with Crippen molar-refractivity contribution in [3.63, 3.8) is 0 Å². The molecular weight excluding hydrogens is 340 g/mol. The number of ether oxygens (including phenoxy) is 1. The predicted octanol–water partition coefficient (Wildman–Crippen LogP) is 3.75. The molecule has 0 unspecified atom stereocenters. The molecule has 1 aliphatic heterocycles. The molecule has 1 aliphatic rings. The SMILES string of the molecule is CC1(NC(=O)c2ccc(-c3ccco3)s2)CN(C(=O)OC(C)(C)C)C1. The quantitative estimate of drug-likeness (QED) is 0.903. The largest absolute Gasteiger partial charge is 0.464 e. The summed E-state index contributed by atoms with van der Waals surface area (Å²) in [7, 11) is 0. The van der Waals surface area contributed by atoms with Crippen LogP contribution in [0.15, 0.2) is 34.9 Å². The zero-order valence-corrected chi connectivity index (χ0v) is 15.6. The number of rotatable bonds is 3. The van der Waals surface area contributed by atoms with Gasteiger partial charge in [-0.15, -0.1) is 11.3 Å². The minimum absolute atomic E-state index is 0.144. The lowest BCUT2D eigenvalue weighted by molar-refractivity contribution is -0.0114. The third-order valence-electron chi connectivity index (χ3n) is 3.74. The Balaban J connectivity index is 1.56. The summed E-state index contributed by atoms with van der Waals surface area (Å²) in [6, 6.07) is 7.33. The lowest BCUT2D eigenvalue weighted by Gasteiger charge is -2.48. The van der Waals surface area contributed by atoms with E-state index in [-0.39, 0.29) is 12.0 Å². The van der Waals surface area contributed by atoms with Crippen LogP contribution in [0.25, 0.3) is 10.6 Å². The number of nitrogens with zero attached hydrogens (tertiary/aromatic N) is 1. The van der Waals surface area contributed by atoms with Crippen molar-refractivity contribution in [3.8, 4) is 10.6 Å². The number of furan rings is 1. The molecule has 0 spiro atoms. The van der Waals surface area contributed by atoms with E-state index in [2.05, 4.69) is 5.32 Å². The van der Waals surface area contributed by atoms with E-state index in [4.69, 9.17) is 9.15 Å². The van der Waals surface area contributed by atoms with Crippen LogP contribution in [0.1, 0.15) is 37.4 Å². The van der Waals surface area contributed by atoms with Gasteiger partial charge >= 0.3 is 6.09 Å². The maximum absolute atomic E-state index is 12.5. The van der Waals surface area contributed by atoms with Crippen LogP contribution in [0.5, 0.6) is 0 Å². The number of carbonyl (C=O) groups is 2. The maximum atomic E-state index is 12.5. The Morgan fingerprint density at radius 2 is 2.00 bits per heavy atom. The molecule has 0 saturated carbocycles. The topological polar surface area (TPSA) is 71.8 Å². The number of likely N-dealkylation sites (tertiary alicyclic amines) is 1. The summed E-state index contributed by atoms with van der Waals surface area (Å²) in [5.41, 5.74) is -0.964. The number of amides is 2. The smallest absolute Gasteiger partial charge is 0.410 e. The van der Waals surface area contributed by atoms with Gasteiger partial charge in [0.15, 0.2) is 0 Å². The third-order valence-corrected chi connectivity index (χ3v) is 4.84. The molecule has 0 bridgehead atoms. The van der Waals surface area contributed by atoms with Gasteiger partial charge in [0.05, 0.1) is 21.6 Å². The minimum atomic E-state index is -0.522. The van der Waals surface area contributed by atoms with Crippen LogP contribution in [0.2, 0.25) is 0 Å². The molecule has 2 amide bonds. The number of carbonyl (C=O) groups excluding carboxylic acids is 2.